The van der Waals surface area contributed by atoms with Crippen molar-refractivity contribution in [2.75, 3.05) is 5.32 Å². The van der Waals surface area contributed by atoms with E-state index < -0.39 is 22.9 Å². The van der Waals surface area contributed by atoms with Crippen LogP contribution >= 0.6 is 23.2 Å². The van der Waals surface area contributed by atoms with Crippen molar-refractivity contribution in [2.24, 2.45) is 0 Å². The van der Waals surface area contributed by atoms with Gasteiger partial charge < -0.3 is 10.1 Å². The summed E-state index contributed by atoms with van der Waals surface area (Å²) in [6, 6.07) is 9.82. The summed E-state index contributed by atoms with van der Waals surface area (Å²) in [6.45, 7) is 1.36. The smallest absolute Gasteiger partial charge is 0.340 e. The lowest BCUT2D eigenvalue weighted by Crippen LogP contribution is -2.30. The fourth-order valence-corrected chi connectivity index (χ4v) is 2.26. The summed E-state index contributed by atoms with van der Waals surface area (Å²) in [5.74, 6) is -1.53. The molecule has 0 radical (unpaired) electrons. The van der Waals surface area contributed by atoms with Gasteiger partial charge in [0, 0.05) is 22.8 Å². The topological polar surface area (TPSA) is 98.5 Å². The predicted molar refractivity (Wildman–Crippen MR) is 93.1 cm³/mol. The van der Waals surface area contributed by atoms with Crippen molar-refractivity contribution in [3.63, 3.8) is 0 Å². The zero-order valence-corrected chi connectivity index (χ0v) is 14.4. The number of esters is 1. The molecule has 0 aliphatic carbocycles. The Morgan fingerprint density at radius 3 is 2.56 bits per heavy atom. The molecular weight excluding hydrogens is 371 g/mol. The maximum atomic E-state index is 12.1. The minimum atomic E-state index is -1.15. The van der Waals surface area contributed by atoms with E-state index in [4.69, 9.17) is 27.9 Å². The maximum Gasteiger partial charge on any atom is 0.340 e. The highest BCUT2D eigenvalue weighted by Gasteiger charge is 2.22. The molecule has 0 bridgehead atoms. The average molecular weight is 383 g/mol. The summed E-state index contributed by atoms with van der Waals surface area (Å²) in [7, 11) is 0. The van der Waals surface area contributed by atoms with Crippen LogP contribution < -0.4 is 5.32 Å². The Labute approximate surface area is 152 Å². The van der Waals surface area contributed by atoms with Gasteiger partial charge in [-0.1, -0.05) is 29.3 Å². The van der Waals surface area contributed by atoms with Crippen LogP contribution in [0, 0.1) is 10.1 Å². The lowest BCUT2D eigenvalue weighted by molar-refractivity contribution is -0.384. The Morgan fingerprint density at radius 2 is 1.92 bits per heavy atom. The van der Waals surface area contributed by atoms with Crippen molar-refractivity contribution in [3.05, 3.63) is 68.2 Å². The van der Waals surface area contributed by atoms with Gasteiger partial charge in [-0.05, 0) is 31.2 Å². The molecule has 0 fully saturated rings. The molecule has 0 spiro atoms. The number of nitrogens with one attached hydrogen (secondary N) is 1. The van der Waals surface area contributed by atoms with E-state index in [-0.39, 0.29) is 16.3 Å². The van der Waals surface area contributed by atoms with Crippen LogP contribution in [-0.2, 0) is 9.53 Å². The van der Waals surface area contributed by atoms with Crippen molar-refractivity contribution in [3.8, 4) is 0 Å². The van der Waals surface area contributed by atoms with Crippen molar-refractivity contribution < 1.29 is 19.2 Å². The molecule has 1 unspecified atom stereocenters. The molecule has 1 amide bonds. The number of non-ortho nitro benzene ring substituents is 1. The molecule has 25 heavy (non-hydrogen) atoms. The highest BCUT2D eigenvalue weighted by atomic mass is 35.5. The van der Waals surface area contributed by atoms with E-state index in [1.54, 1.807) is 18.2 Å². The molecule has 7 nitrogen and oxygen atoms in total. The molecule has 0 heterocycles. The van der Waals surface area contributed by atoms with Crippen LogP contribution in [0.4, 0.5) is 11.4 Å². The molecule has 2 aromatic rings. The third kappa shape index (κ3) is 4.91. The van der Waals surface area contributed by atoms with Crippen molar-refractivity contribution >= 4 is 46.5 Å². The fourth-order valence-electron chi connectivity index (χ4n) is 1.87. The first kappa shape index (κ1) is 18.7. The molecule has 0 aliphatic heterocycles. The molecule has 2 rings (SSSR count). The van der Waals surface area contributed by atoms with Crippen LogP contribution in [0.5, 0.6) is 0 Å². The molecule has 2 aromatic carbocycles. The van der Waals surface area contributed by atoms with Crippen LogP contribution in [0.25, 0.3) is 0 Å². The van der Waals surface area contributed by atoms with Gasteiger partial charge in [0.25, 0.3) is 11.6 Å². The monoisotopic (exact) mass is 382 g/mol. The number of anilines is 1. The number of ether oxygens (including phenoxy) is 1. The number of carbonyl (C=O) groups excluding carboxylic acids is 2. The molecule has 0 aromatic heterocycles. The predicted octanol–water partition coefficient (Wildman–Crippen LogP) is 4.09. The molecule has 1 atom stereocenters. The van der Waals surface area contributed by atoms with Crippen LogP contribution in [0.1, 0.15) is 17.3 Å². The molecule has 1 N–H and O–H groups in total. The fraction of sp³-hybridized carbons (Fsp3) is 0.125. The average Bonchev–Trinajstić information content (AvgIpc) is 2.54. The van der Waals surface area contributed by atoms with E-state index in [1.807, 2.05) is 0 Å². The van der Waals surface area contributed by atoms with Gasteiger partial charge >= 0.3 is 5.97 Å². The van der Waals surface area contributed by atoms with E-state index in [9.17, 15) is 19.7 Å². The third-order valence-corrected chi connectivity index (χ3v) is 3.69. The van der Waals surface area contributed by atoms with Crippen molar-refractivity contribution in [2.45, 2.75) is 13.0 Å². The van der Waals surface area contributed by atoms with Gasteiger partial charge in [0.1, 0.15) is 0 Å². The number of nitrogens with zero attached hydrogens (tertiary/aromatic N) is 1. The number of carbonyl (C=O) groups is 2. The number of nitro groups is 1. The lowest BCUT2D eigenvalue weighted by Gasteiger charge is -2.14. The zero-order valence-electron chi connectivity index (χ0n) is 12.9. The van der Waals surface area contributed by atoms with Crippen LogP contribution in [0.15, 0.2) is 42.5 Å². The summed E-state index contributed by atoms with van der Waals surface area (Å²) in [6.07, 6.45) is -1.15. The third-order valence-electron chi connectivity index (χ3n) is 3.13. The van der Waals surface area contributed by atoms with E-state index in [1.165, 1.54) is 19.1 Å². The lowest BCUT2D eigenvalue weighted by atomic mass is 10.2. The molecule has 0 saturated carbocycles. The van der Waals surface area contributed by atoms with E-state index in [0.29, 0.717) is 10.7 Å². The quantitative estimate of drug-likeness (QED) is 0.477. The largest absolute Gasteiger partial charge is 0.449 e. The summed E-state index contributed by atoms with van der Waals surface area (Å²) >= 11 is 11.7. The minimum Gasteiger partial charge on any atom is -0.449 e. The SMILES string of the molecule is CC(OC(=O)c1cc([N+](=O)[O-])ccc1Cl)C(=O)Nc1cccc(Cl)c1. The van der Waals surface area contributed by atoms with E-state index >= 15 is 0 Å². The summed E-state index contributed by atoms with van der Waals surface area (Å²) in [5.41, 5.74) is -0.0700. The maximum absolute atomic E-state index is 12.1. The van der Waals surface area contributed by atoms with Gasteiger partial charge in [0.15, 0.2) is 6.10 Å². The van der Waals surface area contributed by atoms with E-state index in [2.05, 4.69) is 5.32 Å². The first-order chi connectivity index (χ1) is 11.8. The van der Waals surface area contributed by atoms with Crippen LogP contribution in [0.2, 0.25) is 10.0 Å². The van der Waals surface area contributed by atoms with Gasteiger partial charge in [0.2, 0.25) is 0 Å². The van der Waals surface area contributed by atoms with Crippen molar-refractivity contribution in [1.82, 2.24) is 0 Å². The number of hydrogen-bond acceptors (Lipinski definition) is 5. The Morgan fingerprint density at radius 1 is 1.20 bits per heavy atom. The van der Waals surface area contributed by atoms with Crippen LogP contribution in [0.3, 0.4) is 0 Å². The standard InChI is InChI=1S/C16H12Cl2N2O5/c1-9(15(21)19-11-4-2-3-10(17)7-11)25-16(22)13-8-12(20(23)24)5-6-14(13)18/h2-9H,1H3,(H,19,21). The normalized spacial score (nSPS) is 11.5. The Balaban J connectivity index is 2.08. The summed E-state index contributed by atoms with van der Waals surface area (Å²) < 4.78 is 5.03. The Hall–Kier alpha value is -2.64. The molecule has 9 heteroatoms. The highest BCUT2D eigenvalue weighted by Crippen LogP contribution is 2.23. The Kier molecular flexibility index (Phi) is 5.95. The number of nitro benzene ring substituents is 1. The highest BCUT2D eigenvalue weighted by molar-refractivity contribution is 6.33. The van der Waals surface area contributed by atoms with Crippen LogP contribution in [-0.4, -0.2) is 22.9 Å². The number of amides is 1. The second-order valence-corrected chi connectivity index (χ2v) is 5.81. The molecular formula is C16H12Cl2N2O5. The van der Waals surface area contributed by atoms with Gasteiger partial charge in [-0.15, -0.1) is 0 Å². The molecule has 0 saturated heterocycles. The van der Waals surface area contributed by atoms with Gasteiger partial charge in [-0.3, -0.25) is 14.9 Å². The number of rotatable bonds is 5. The van der Waals surface area contributed by atoms with E-state index in [0.717, 1.165) is 12.1 Å². The van der Waals surface area contributed by atoms with Gasteiger partial charge in [-0.25, -0.2) is 4.79 Å². The molecule has 130 valence electrons. The second kappa shape index (κ2) is 7.96. The Bertz CT molecular complexity index is 841. The zero-order chi connectivity index (χ0) is 18.6. The molecule has 0 aliphatic rings. The first-order valence-electron chi connectivity index (χ1n) is 6.99. The summed E-state index contributed by atoms with van der Waals surface area (Å²) in [5, 5.41) is 13.7. The first-order valence-corrected chi connectivity index (χ1v) is 7.75. The van der Waals surface area contributed by atoms with Crippen molar-refractivity contribution in [1.29, 1.82) is 0 Å². The van der Waals surface area contributed by atoms with Gasteiger partial charge in [-0.2, -0.15) is 0 Å². The number of hydrogen-bond donors (Lipinski definition) is 1. The second-order valence-electron chi connectivity index (χ2n) is 4.97. The van der Waals surface area contributed by atoms with Gasteiger partial charge in [0.05, 0.1) is 15.5 Å². The minimum absolute atomic E-state index is 0.0157. The number of halogens is 2. The summed E-state index contributed by atoms with van der Waals surface area (Å²) in [4.78, 5) is 34.3. The number of benzene rings is 2.